The molecule has 1 aliphatic carbocycles. The molecule has 8 nitrogen and oxygen atoms in total. The minimum atomic E-state index is -0.0447. The van der Waals surface area contributed by atoms with Crippen molar-refractivity contribution in [1.82, 2.24) is 19.7 Å². The van der Waals surface area contributed by atoms with Crippen LogP contribution in [0.5, 0.6) is 0 Å². The number of piperidine rings is 1. The van der Waals surface area contributed by atoms with Gasteiger partial charge in [-0.15, -0.1) is 0 Å². The van der Waals surface area contributed by atoms with Crippen LogP contribution in [0.4, 0.5) is 17.3 Å². The summed E-state index contributed by atoms with van der Waals surface area (Å²) in [5, 5.41) is 24.1. The Labute approximate surface area is 233 Å². The lowest BCUT2D eigenvalue weighted by Crippen LogP contribution is -2.44. The van der Waals surface area contributed by atoms with E-state index in [4.69, 9.17) is 15.5 Å². The summed E-state index contributed by atoms with van der Waals surface area (Å²) in [6, 6.07) is 15.1. The van der Waals surface area contributed by atoms with Crippen LogP contribution in [0.25, 0.3) is 5.69 Å². The number of hydrogen-bond donors (Lipinski definition) is 4. The third-order valence-corrected chi connectivity index (χ3v) is 8.13. The Morgan fingerprint density at radius 3 is 2.33 bits per heavy atom. The summed E-state index contributed by atoms with van der Waals surface area (Å²) in [5.74, 6) is 2.71. The number of nitrogens with one attached hydrogen (secondary N) is 4. The van der Waals surface area contributed by atoms with Crippen LogP contribution < -0.4 is 16.0 Å². The zero-order chi connectivity index (χ0) is 27.8. The lowest BCUT2D eigenvalue weighted by Gasteiger charge is -2.36. The molecule has 0 unspecified atom stereocenters. The predicted octanol–water partition coefficient (Wildman–Crippen LogP) is 6.32. The summed E-state index contributed by atoms with van der Waals surface area (Å²) in [6.45, 7) is 15.4. The number of anilines is 3. The number of amidine groups is 1. The molecule has 1 saturated carbocycles. The van der Waals surface area contributed by atoms with Crippen molar-refractivity contribution in [2.24, 2.45) is 5.41 Å². The Morgan fingerprint density at radius 2 is 1.72 bits per heavy atom. The van der Waals surface area contributed by atoms with Gasteiger partial charge < -0.3 is 20.9 Å². The highest BCUT2D eigenvalue weighted by molar-refractivity contribution is 5.87. The van der Waals surface area contributed by atoms with Gasteiger partial charge in [0, 0.05) is 36.0 Å². The largest absolute Gasteiger partial charge is 0.367 e. The molecule has 8 heteroatoms. The molecule has 3 aromatic rings. The molecular weight excluding hydrogens is 484 g/mol. The SMILES string of the molecule is Cc1ccc(-n2nc(C(C)(C)C)cc2NCNc2ccc(NC3CCN(C(=N)C4(C)CC4)CC3)nc2C)cc1. The number of benzene rings is 1. The Hall–Kier alpha value is -3.55. The quantitative estimate of drug-likeness (QED) is 0.155. The van der Waals surface area contributed by atoms with Crippen molar-refractivity contribution in [1.29, 1.82) is 5.41 Å². The first kappa shape index (κ1) is 27.0. The lowest BCUT2D eigenvalue weighted by atomic mass is 9.92. The second-order valence-electron chi connectivity index (χ2n) is 12.6. The molecule has 2 aliphatic rings. The second-order valence-corrected chi connectivity index (χ2v) is 12.6. The van der Waals surface area contributed by atoms with E-state index in [1.165, 1.54) is 5.56 Å². The monoisotopic (exact) mass is 528 g/mol. The molecule has 0 radical (unpaired) electrons. The number of hydrogen-bond acceptors (Lipinski definition) is 6. The Balaban J connectivity index is 1.17. The van der Waals surface area contributed by atoms with Crippen LogP contribution in [0.15, 0.2) is 42.5 Å². The van der Waals surface area contributed by atoms with Crippen molar-refractivity contribution < 1.29 is 0 Å². The molecule has 0 spiro atoms. The first-order valence-electron chi connectivity index (χ1n) is 14.3. The van der Waals surface area contributed by atoms with Crippen LogP contribution in [-0.4, -0.2) is 51.3 Å². The minimum Gasteiger partial charge on any atom is -0.367 e. The van der Waals surface area contributed by atoms with E-state index in [-0.39, 0.29) is 10.8 Å². The molecule has 208 valence electrons. The van der Waals surface area contributed by atoms with E-state index in [0.717, 1.165) is 79.0 Å². The zero-order valence-corrected chi connectivity index (χ0v) is 24.4. The molecule has 2 fully saturated rings. The van der Waals surface area contributed by atoms with Crippen molar-refractivity contribution in [3.8, 4) is 5.69 Å². The van der Waals surface area contributed by atoms with Crippen molar-refractivity contribution in [2.75, 3.05) is 35.7 Å². The number of nitrogens with zero attached hydrogens (tertiary/aromatic N) is 4. The van der Waals surface area contributed by atoms with E-state index in [1.54, 1.807) is 0 Å². The fourth-order valence-electron chi connectivity index (χ4n) is 5.08. The zero-order valence-electron chi connectivity index (χ0n) is 24.4. The van der Waals surface area contributed by atoms with Gasteiger partial charge in [-0.1, -0.05) is 45.4 Å². The number of rotatable bonds is 8. The van der Waals surface area contributed by atoms with E-state index >= 15 is 0 Å². The van der Waals surface area contributed by atoms with Gasteiger partial charge in [0.15, 0.2) is 0 Å². The van der Waals surface area contributed by atoms with Crippen molar-refractivity contribution >= 4 is 23.2 Å². The number of pyridine rings is 1. The molecule has 5 rings (SSSR count). The van der Waals surface area contributed by atoms with E-state index < -0.39 is 0 Å². The van der Waals surface area contributed by atoms with Gasteiger partial charge in [0.2, 0.25) is 0 Å². The van der Waals surface area contributed by atoms with Crippen LogP contribution in [0.1, 0.15) is 70.3 Å². The normalized spacial score (nSPS) is 17.1. The average molecular weight is 529 g/mol. The van der Waals surface area contributed by atoms with Crippen molar-refractivity contribution in [3.63, 3.8) is 0 Å². The van der Waals surface area contributed by atoms with Gasteiger partial charge >= 0.3 is 0 Å². The summed E-state index contributed by atoms with van der Waals surface area (Å²) in [7, 11) is 0. The predicted molar refractivity (Wildman–Crippen MR) is 161 cm³/mol. The second kappa shape index (κ2) is 10.5. The fourth-order valence-corrected chi connectivity index (χ4v) is 5.08. The molecular formula is C31H44N8. The van der Waals surface area contributed by atoms with E-state index in [0.29, 0.717) is 12.7 Å². The van der Waals surface area contributed by atoms with Gasteiger partial charge in [-0.3, -0.25) is 5.41 Å². The number of aromatic nitrogens is 3. The van der Waals surface area contributed by atoms with Gasteiger partial charge in [-0.2, -0.15) is 5.10 Å². The molecule has 4 N–H and O–H groups in total. The van der Waals surface area contributed by atoms with Crippen LogP contribution in [-0.2, 0) is 5.41 Å². The Morgan fingerprint density at radius 1 is 1.03 bits per heavy atom. The van der Waals surface area contributed by atoms with Gasteiger partial charge in [0.1, 0.15) is 17.5 Å². The molecule has 0 atom stereocenters. The van der Waals surface area contributed by atoms with Crippen LogP contribution in [0.3, 0.4) is 0 Å². The molecule has 0 bridgehead atoms. The van der Waals surface area contributed by atoms with E-state index in [1.807, 2.05) is 11.6 Å². The molecule has 0 amide bonds. The fraction of sp³-hybridized carbons (Fsp3) is 0.516. The third kappa shape index (κ3) is 6.21. The average Bonchev–Trinajstić information content (AvgIpc) is 3.50. The Bertz CT molecular complexity index is 1310. The smallest absolute Gasteiger partial charge is 0.131 e. The van der Waals surface area contributed by atoms with Gasteiger partial charge in [0.25, 0.3) is 0 Å². The molecule has 2 aromatic heterocycles. The maximum absolute atomic E-state index is 8.51. The highest BCUT2D eigenvalue weighted by atomic mass is 15.3. The number of likely N-dealkylation sites (tertiary alicyclic amines) is 1. The molecule has 1 aromatic carbocycles. The van der Waals surface area contributed by atoms with E-state index in [2.05, 4.69) is 97.9 Å². The van der Waals surface area contributed by atoms with Gasteiger partial charge in [-0.05, 0) is 63.8 Å². The van der Waals surface area contributed by atoms with Gasteiger partial charge in [-0.25, -0.2) is 9.67 Å². The summed E-state index contributed by atoms with van der Waals surface area (Å²) < 4.78 is 1.98. The maximum atomic E-state index is 8.51. The standard InChI is InChI=1S/C31H44N8/c1-21-7-9-24(10-8-21)39-28(19-26(37-39)30(3,4)5)34-20-33-25-11-12-27(35-22(25)2)36-23-13-17-38(18-14-23)29(32)31(6)15-16-31/h7-12,19,23,32-34H,13-18,20H2,1-6H3,(H,35,36). The van der Waals surface area contributed by atoms with Crippen molar-refractivity contribution in [3.05, 3.63) is 59.4 Å². The third-order valence-electron chi connectivity index (χ3n) is 8.13. The topological polar surface area (TPSA) is 93.9 Å². The minimum absolute atomic E-state index is 0.0447. The van der Waals surface area contributed by atoms with E-state index in [9.17, 15) is 0 Å². The number of aryl methyl sites for hydroxylation is 2. The van der Waals surface area contributed by atoms with Crippen LogP contribution in [0, 0.1) is 24.7 Å². The first-order chi connectivity index (χ1) is 18.5. The maximum Gasteiger partial charge on any atom is 0.131 e. The molecule has 1 saturated heterocycles. The van der Waals surface area contributed by atoms with Gasteiger partial charge in [0.05, 0.1) is 29.4 Å². The summed E-state index contributed by atoms with van der Waals surface area (Å²) in [5.41, 5.74) is 5.38. The van der Waals surface area contributed by atoms with Crippen LogP contribution in [0.2, 0.25) is 0 Å². The first-order valence-corrected chi connectivity index (χ1v) is 14.3. The summed E-state index contributed by atoms with van der Waals surface area (Å²) >= 11 is 0. The van der Waals surface area contributed by atoms with Crippen molar-refractivity contribution in [2.45, 2.75) is 78.7 Å². The van der Waals surface area contributed by atoms with Crippen LogP contribution >= 0.6 is 0 Å². The highest BCUT2D eigenvalue weighted by Crippen LogP contribution is 2.47. The molecule has 3 heterocycles. The highest BCUT2D eigenvalue weighted by Gasteiger charge is 2.44. The summed E-state index contributed by atoms with van der Waals surface area (Å²) in [6.07, 6.45) is 4.40. The molecule has 1 aliphatic heterocycles. The molecule has 39 heavy (non-hydrogen) atoms. The Kier molecular flexibility index (Phi) is 7.31. The lowest BCUT2D eigenvalue weighted by molar-refractivity contribution is 0.307. The summed E-state index contributed by atoms with van der Waals surface area (Å²) in [4.78, 5) is 7.11.